The third kappa shape index (κ3) is 6.12. The molecule has 2 heterocycles. The molecule has 1 N–H and O–H groups in total. The van der Waals surface area contributed by atoms with Crippen LogP contribution in [0.5, 0.6) is 5.75 Å². The molecule has 3 aromatic carbocycles. The van der Waals surface area contributed by atoms with Gasteiger partial charge < -0.3 is 14.6 Å². The molecule has 9 heteroatoms. The van der Waals surface area contributed by atoms with E-state index in [4.69, 9.17) is 9.47 Å². The highest BCUT2D eigenvalue weighted by molar-refractivity contribution is 7.17. The van der Waals surface area contributed by atoms with Crippen molar-refractivity contribution in [1.82, 2.24) is 4.98 Å². The van der Waals surface area contributed by atoms with Crippen LogP contribution in [0.2, 0.25) is 0 Å². The van der Waals surface area contributed by atoms with Gasteiger partial charge in [-0.3, -0.25) is 14.5 Å². The van der Waals surface area contributed by atoms with Gasteiger partial charge in [-0.2, -0.15) is 0 Å². The molecule has 1 fully saturated rings. The molecule has 218 valence electrons. The van der Waals surface area contributed by atoms with Crippen molar-refractivity contribution in [3.05, 3.63) is 129 Å². The number of ketones is 1. The monoisotopic (exact) mass is 594 g/mol. The van der Waals surface area contributed by atoms with Crippen LogP contribution in [0.15, 0.2) is 91.0 Å². The maximum absolute atomic E-state index is 13.5. The molecule has 1 aromatic heterocycles. The number of hydrogen-bond acceptors (Lipinski definition) is 8. The Morgan fingerprint density at radius 3 is 2.42 bits per heavy atom. The number of aliphatic hydroxyl groups excluding tert-OH is 1. The topological polar surface area (TPSA) is 106 Å². The number of carbonyl (C=O) groups is 3. The number of carbonyl (C=O) groups excluding carboxylic acids is 3. The van der Waals surface area contributed by atoms with Crippen molar-refractivity contribution in [2.45, 2.75) is 33.4 Å². The molecular weight excluding hydrogens is 564 g/mol. The van der Waals surface area contributed by atoms with E-state index in [9.17, 15) is 19.5 Å². The van der Waals surface area contributed by atoms with Crippen molar-refractivity contribution >= 4 is 39.9 Å². The highest BCUT2D eigenvalue weighted by Gasteiger charge is 2.48. The summed E-state index contributed by atoms with van der Waals surface area (Å²) in [6.45, 7) is 9.52. The van der Waals surface area contributed by atoms with E-state index < -0.39 is 23.7 Å². The highest BCUT2D eigenvalue weighted by Crippen LogP contribution is 2.44. The summed E-state index contributed by atoms with van der Waals surface area (Å²) in [4.78, 5) is 45.5. The molecule has 4 aromatic rings. The molecular formula is C34H30N2O6S. The van der Waals surface area contributed by atoms with Gasteiger partial charge in [0.25, 0.3) is 5.78 Å². The van der Waals surface area contributed by atoms with Crippen LogP contribution >= 0.6 is 11.3 Å². The second-order valence-electron chi connectivity index (χ2n) is 10.2. The number of ether oxygens (including phenoxy) is 2. The lowest BCUT2D eigenvalue weighted by Gasteiger charge is -2.23. The van der Waals surface area contributed by atoms with Gasteiger partial charge in [-0.05, 0) is 56.2 Å². The van der Waals surface area contributed by atoms with Gasteiger partial charge in [0.1, 0.15) is 29.6 Å². The van der Waals surface area contributed by atoms with Crippen LogP contribution in [-0.2, 0) is 20.9 Å². The number of rotatable bonds is 9. The Labute approximate surface area is 253 Å². The first-order valence-electron chi connectivity index (χ1n) is 13.6. The normalized spacial score (nSPS) is 15.9. The van der Waals surface area contributed by atoms with Crippen LogP contribution in [0.3, 0.4) is 0 Å². The largest absolute Gasteiger partial charge is 0.507 e. The number of amides is 1. The van der Waals surface area contributed by atoms with Crippen LogP contribution < -0.4 is 9.64 Å². The summed E-state index contributed by atoms with van der Waals surface area (Å²) in [5, 5.41) is 11.6. The Hall–Kier alpha value is -5.02. The van der Waals surface area contributed by atoms with E-state index >= 15 is 0 Å². The maximum Gasteiger partial charge on any atom is 0.350 e. The first kappa shape index (κ1) is 29.5. The standard InChI is InChI=1S/C34H30N2O6S/c1-5-17-41-33(40)31-22(4)35-34(43-31)36-28(24-11-9-20(2)10-12-24)27(30(38)32(36)39)29(37)25-13-15-26(16-14-25)42-19-23-8-6-7-21(3)18-23/h5-16,18,28,37H,1,17,19H2,2-4H3/b29-27+. The number of thiazole rings is 1. The van der Waals surface area contributed by atoms with Gasteiger partial charge in [0.05, 0.1) is 17.3 Å². The molecule has 1 aliphatic heterocycles. The zero-order valence-electron chi connectivity index (χ0n) is 24.0. The van der Waals surface area contributed by atoms with Crippen LogP contribution in [0.4, 0.5) is 5.13 Å². The second kappa shape index (κ2) is 12.5. The molecule has 0 spiro atoms. The van der Waals surface area contributed by atoms with E-state index in [1.54, 1.807) is 43.3 Å². The molecule has 0 aliphatic carbocycles. The Bertz CT molecular complexity index is 1740. The lowest BCUT2D eigenvalue weighted by atomic mass is 9.95. The van der Waals surface area contributed by atoms with E-state index in [2.05, 4.69) is 11.6 Å². The van der Waals surface area contributed by atoms with Crippen molar-refractivity contribution in [3.63, 3.8) is 0 Å². The van der Waals surface area contributed by atoms with Gasteiger partial charge in [0.15, 0.2) is 5.13 Å². The fraction of sp³-hybridized carbons (Fsp3) is 0.176. The zero-order chi connectivity index (χ0) is 30.7. The number of hydrogen-bond donors (Lipinski definition) is 1. The van der Waals surface area contributed by atoms with Gasteiger partial charge in [-0.25, -0.2) is 9.78 Å². The Balaban J connectivity index is 1.51. The smallest absolute Gasteiger partial charge is 0.350 e. The van der Waals surface area contributed by atoms with Crippen molar-refractivity contribution in [2.24, 2.45) is 0 Å². The Morgan fingerprint density at radius 1 is 1.02 bits per heavy atom. The summed E-state index contributed by atoms with van der Waals surface area (Å²) in [7, 11) is 0. The van der Waals surface area contributed by atoms with Crippen LogP contribution in [-0.4, -0.2) is 34.4 Å². The third-order valence-electron chi connectivity index (χ3n) is 6.96. The van der Waals surface area contributed by atoms with Crippen molar-refractivity contribution in [3.8, 4) is 5.75 Å². The first-order valence-corrected chi connectivity index (χ1v) is 14.4. The van der Waals surface area contributed by atoms with E-state index in [0.29, 0.717) is 29.2 Å². The summed E-state index contributed by atoms with van der Waals surface area (Å²) in [5.41, 5.74) is 4.39. The van der Waals surface area contributed by atoms with Crippen LogP contribution in [0.25, 0.3) is 5.76 Å². The number of benzene rings is 3. The average molecular weight is 595 g/mol. The summed E-state index contributed by atoms with van der Waals surface area (Å²) in [6, 6.07) is 21.0. The predicted octanol–water partition coefficient (Wildman–Crippen LogP) is 6.62. The van der Waals surface area contributed by atoms with Crippen LogP contribution in [0.1, 0.15) is 49.2 Å². The van der Waals surface area contributed by atoms with E-state index in [1.807, 2.05) is 50.2 Å². The van der Waals surface area contributed by atoms with Gasteiger partial charge in [0, 0.05) is 5.56 Å². The minimum Gasteiger partial charge on any atom is -0.507 e. The predicted molar refractivity (Wildman–Crippen MR) is 165 cm³/mol. The molecule has 8 nitrogen and oxygen atoms in total. The number of aryl methyl sites for hydroxylation is 3. The van der Waals surface area contributed by atoms with Crippen molar-refractivity contribution in [1.29, 1.82) is 0 Å². The summed E-state index contributed by atoms with van der Waals surface area (Å²) in [6.07, 6.45) is 1.45. The molecule has 0 saturated carbocycles. The summed E-state index contributed by atoms with van der Waals surface area (Å²) >= 11 is 0.951. The fourth-order valence-electron chi connectivity index (χ4n) is 4.80. The number of anilines is 1. The molecule has 0 radical (unpaired) electrons. The number of Topliss-reactive ketones (excluding diaryl/α,β-unsaturated/α-hetero) is 1. The van der Waals surface area contributed by atoms with E-state index in [1.165, 1.54) is 11.0 Å². The zero-order valence-corrected chi connectivity index (χ0v) is 24.8. The minimum absolute atomic E-state index is 0.0230. The number of esters is 1. The van der Waals surface area contributed by atoms with Gasteiger partial charge >= 0.3 is 11.9 Å². The van der Waals surface area contributed by atoms with Gasteiger partial charge in [0.2, 0.25) is 0 Å². The SMILES string of the molecule is C=CCOC(=O)c1sc(N2C(=O)C(=O)/C(=C(/O)c3ccc(OCc4cccc(C)c4)cc3)C2c2ccc(C)cc2)nc1C. The average Bonchev–Trinajstić information content (AvgIpc) is 3.51. The van der Waals surface area contributed by atoms with Gasteiger partial charge in [-0.15, -0.1) is 0 Å². The molecule has 1 aliphatic rings. The number of aromatic nitrogens is 1. The van der Waals surface area contributed by atoms with E-state index in [-0.39, 0.29) is 27.9 Å². The summed E-state index contributed by atoms with van der Waals surface area (Å²) < 4.78 is 11.1. The maximum atomic E-state index is 13.5. The molecule has 5 rings (SSSR count). The minimum atomic E-state index is -0.972. The van der Waals surface area contributed by atoms with Gasteiger partial charge in [-0.1, -0.05) is 83.6 Å². The molecule has 1 unspecified atom stereocenters. The lowest BCUT2D eigenvalue weighted by Crippen LogP contribution is -2.29. The molecule has 1 saturated heterocycles. The second-order valence-corrected chi connectivity index (χ2v) is 11.2. The molecule has 1 amide bonds. The Morgan fingerprint density at radius 2 is 1.74 bits per heavy atom. The quantitative estimate of drug-likeness (QED) is 0.0764. The van der Waals surface area contributed by atoms with Crippen molar-refractivity contribution < 1.29 is 29.0 Å². The number of nitrogens with zero attached hydrogens (tertiary/aromatic N) is 2. The summed E-state index contributed by atoms with van der Waals surface area (Å²) in [5.74, 6) is -2.05. The molecule has 0 bridgehead atoms. The van der Waals surface area contributed by atoms with E-state index in [0.717, 1.165) is 28.0 Å². The third-order valence-corrected chi connectivity index (χ3v) is 8.10. The Kier molecular flexibility index (Phi) is 8.54. The highest BCUT2D eigenvalue weighted by atomic mass is 32.1. The van der Waals surface area contributed by atoms with Crippen molar-refractivity contribution in [2.75, 3.05) is 11.5 Å². The number of aliphatic hydroxyl groups is 1. The fourth-order valence-corrected chi connectivity index (χ4v) is 5.79. The first-order chi connectivity index (χ1) is 20.7. The lowest BCUT2D eigenvalue weighted by molar-refractivity contribution is -0.132. The van der Waals surface area contributed by atoms with Crippen LogP contribution in [0, 0.1) is 20.8 Å². The molecule has 1 atom stereocenters. The molecule has 43 heavy (non-hydrogen) atoms.